The summed E-state index contributed by atoms with van der Waals surface area (Å²) in [6, 6.07) is 0.170. The van der Waals surface area contributed by atoms with Crippen molar-refractivity contribution < 1.29 is 0 Å². The van der Waals surface area contributed by atoms with Crippen LogP contribution in [-0.2, 0) is 6.54 Å². The molecule has 4 nitrogen and oxygen atoms in total. The molecular formula is C13H20N4S. The lowest BCUT2D eigenvalue weighted by molar-refractivity contribution is 0.593. The second-order valence-corrected chi connectivity index (χ2v) is 5.23. The molecule has 0 aromatic carbocycles. The summed E-state index contributed by atoms with van der Waals surface area (Å²) < 4.78 is 1.95. The number of aryl methyl sites for hydroxylation is 2. The molecule has 0 aliphatic rings. The van der Waals surface area contributed by atoms with Crippen molar-refractivity contribution in [3.63, 3.8) is 0 Å². The first kappa shape index (κ1) is 13.2. The molecule has 0 aliphatic heterocycles. The summed E-state index contributed by atoms with van der Waals surface area (Å²) in [5.41, 5.74) is 2.28. The minimum atomic E-state index is 0.170. The van der Waals surface area contributed by atoms with E-state index in [4.69, 9.17) is 0 Å². The quantitative estimate of drug-likeness (QED) is 0.872. The van der Waals surface area contributed by atoms with Crippen molar-refractivity contribution >= 4 is 11.3 Å². The average Bonchev–Trinajstić information content (AvgIpc) is 2.99. The predicted octanol–water partition coefficient (Wildman–Crippen LogP) is 2.76. The van der Waals surface area contributed by atoms with Gasteiger partial charge in [0.15, 0.2) is 0 Å². The van der Waals surface area contributed by atoms with Gasteiger partial charge in [0.05, 0.1) is 12.2 Å². The Labute approximate surface area is 112 Å². The Balaban J connectivity index is 2.24. The Morgan fingerprint density at radius 2 is 2.28 bits per heavy atom. The van der Waals surface area contributed by atoms with E-state index in [1.54, 1.807) is 11.3 Å². The molecule has 2 aromatic heterocycles. The van der Waals surface area contributed by atoms with Gasteiger partial charge in [0.25, 0.3) is 0 Å². The van der Waals surface area contributed by atoms with Gasteiger partial charge in [0.1, 0.15) is 5.01 Å². The molecule has 0 saturated heterocycles. The molecule has 2 rings (SSSR count). The highest BCUT2D eigenvalue weighted by atomic mass is 32.1. The van der Waals surface area contributed by atoms with Crippen molar-refractivity contribution in [2.75, 3.05) is 6.54 Å². The van der Waals surface area contributed by atoms with Gasteiger partial charge in [-0.05, 0) is 26.8 Å². The number of hydrogen-bond donors (Lipinski definition) is 1. The van der Waals surface area contributed by atoms with E-state index < -0.39 is 0 Å². The van der Waals surface area contributed by atoms with Crippen molar-refractivity contribution in [3.05, 3.63) is 34.0 Å². The Hall–Kier alpha value is -1.20. The summed E-state index contributed by atoms with van der Waals surface area (Å²) in [7, 11) is 0. The molecule has 0 radical (unpaired) electrons. The van der Waals surface area contributed by atoms with Crippen LogP contribution >= 0.6 is 11.3 Å². The van der Waals surface area contributed by atoms with Crippen LogP contribution < -0.4 is 5.32 Å². The Bertz CT molecular complexity index is 489. The smallest absolute Gasteiger partial charge is 0.114 e. The highest BCUT2D eigenvalue weighted by Crippen LogP contribution is 2.24. The third-order valence-electron chi connectivity index (χ3n) is 2.79. The predicted molar refractivity (Wildman–Crippen MR) is 74.9 cm³/mol. The maximum Gasteiger partial charge on any atom is 0.114 e. The lowest BCUT2D eigenvalue weighted by Gasteiger charge is -2.14. The first-order valence-corrected chi connectivity index (χ1v) is 7.30. The van der Waals surface area contributed by atoms with Crippen LogP contribution in [0.25, 0.3) is 0 Å². The third-order valence-corrected chi connectivity index (χ3v) is 3.82. The van der Waals surface area contributed by atoms with Crippen LogP contribution in [0.3, 0.4) is 0 Å². The maximum absolute atomic E-state index is 4.59. The van der Waals surface area contributed by atoms with Gasteiger partial charge in [0, 0.05) is 29.4 Å². The van der Waals surface area contributed by atoms with Crippen molar-refractivity contribution in [2.24, 2.45) is 0 Å². The Morgan fingerprint density at radius 1 is 1.44 bits per heavy atom. The van der Waals surface area contributed by atoms with Gasteiger partial charge in [-0.1, -0.05) is 6.92 Å². The number of hydrogen-bond acceptors (Lipinski definition) is 4. The molecule has 0 saturated carbocycles. The van der Waals surface area contributed by atoms with Gasteiger partial charge in [0.2, 0.25) is 0 Å². The Kier molecular flexibility index (Phi) is 4.49. The molecule has 2 aromatic rings. The summed E-state index contributed by atoms with van der Waals surface area (Å²) in [6.45, 7) is 8.19. The standard InChI is InChI=1S/C13H20N4S/c1-4-6-14-12(13-16-10(3)9-18-13)11-7-15-17(5-2)8-11/h7-9,12,14H,4-6H2,1-3H3. The van der Waals surface area contributed by atoms with E-state index in [0.29, 0.717) is 0 Å². The van der Waals surface area contributed by atoms with Crippen LogP contribution in [0, 0.1) is 6.92 Å². The van der Waals surface area contributed by atoms with Crippen LogP contribution in [0.5, 0.6) is 0 Å². The lowest BCUT2D eigenvalue weighted by atomic mass is 10.1. The van der Waals surface area contributed by atoms with E-state index in [0.717, 1.165) is 30.2 Å². The van der Waals surface area contributed by atoms with E-state index in [1.165, 1.54) is 5.56 Å². The van der Waals surface area contributed by atoms with Crippen LogP contribution in [0.2, 0.25) is 0 Å². The van der Waals surface area contributed by atoms with E-state index in [-0.39, 0.29) is 6.04 Å². The SMILES string of the molecule is CCCNC(c1cnn(CC)c1)c1nc(C)cs1. The van der Waals surface area contributed by atoms with Crippen LogP contribution in [-0.4, -0.2) is 21.3 Å². The molecular weight excluding hydrogens is 244 g/mol. The van der Waals surface area contributed by atoms with Crippen molar-refractivity contribution in [2.45, 2.75) is 39.8 Å². The molecule has 98 valence electrons. The molecule has 0 bridgehead atoms. The van der Waals surface area contributed by atoms with Gasteiger partial charge >= 0.3 is 0 Å². The van der Waals surface area contributed by atoms with E-state index in [2.05, 4.69) is 40.8 Å². The molecule has 0 aliphatic carbocycles. The first-order valence-electron chi connectivity index (χ1n) is 6.42. The van der Waals surface area contributed by atoms with E-state index in [1.807, 2.05) is 17.8 Å². The fourth-order valence-corrected chi connectivity index (χ4v) is 2.74. The highest BCUT2D eigenvalue weighted by Gasteiger charge is 2.18. The molecule has 1 unspecified atom stereocenters. The van der Waals surface area contributed by atoms with E-state index >= 15 is 0 Å². The van der Waals surface area contributed by atoms with Crippen LogP contribution in [0.4, 0.5) is 0 Å². The third kappa shape index (κ3) is 2.97. The second-order valence-electron chi connectivity index (χ2n) is 4.34. The van der Waals surface area contributed by atoms with E-state index in [9.17, 15) is 0 Å². The average molecular weight is 264 g/mol. The van der Waals surface area contributed by atoms with Gasteiger partial charge in [-0.3, -0.25) is 4.68 Å². The molecule has 0 spiro atoms. The van der Waals surface area contributed by atoms with Crippen LogP contribution in [0.15, 0.2) is 17.8 Å². The number of rotatable bonds is 6. The summed E-state index contributed by atoms with van der Waals surface area (Å²) in [6.07, 6.45) is 5.15. The normalized spacial score (nSPS) is 12.8. The van der Waals surface area contributed by atoms with Gasteiger partial charge in [-0.15, -0.1) is 11.3 Å². The van der Waals surface area contributed by atoms with Crippen molar-refractivity contribution in [1.29, 1.82) is 0 Å². The van der Waals surface area contributed by atoms with Crippen LogP contribution in [0.1, 0.15) is 42.6 Å². The fourth-order valence-electron chi connectivity index (χ4n) is 1.84. The summed E-state index contributed by atoms with van der Waals surface area (Å²) in [5.74, 6) is 0. The summed E-state index contributed by atoms with van der Waals surface area (Å²) in [5, 5.41) is 11.1. The summed E-state index contributed by atoms with van der Waals surface area (Å²) >= 11 is 1.71. The number of aromatic nitrogens is 3. The monoisotopic (exact) mass is 264 g/mol. The number of nitrogens with one attached hydrogen (secondary N) is 1. The fraction of sp³-hybridized carbons (Fsp3) is 0.538. The van der Waals surface area contributed by atoms with Crippen molar-refractivity contribution in [1.82, 2.24) is 20.1 Å². The zero-order valence-electron chi connectivity index (χ0n) is 11.2. The molecule has 1 N–H and O–H groups in total. The minimum Gasteiger partial charge on any atom is -0.304 e. The maximum atomic E-state index is 4.59. The summed E-state index contributed by atoms with van der Waals surface area (Å²) in [4.78, 5) is 4.59. The van der Waals surface area contributed by atoms with Gasteiger partial charge in [-0.2, -0.15) is 5.10 Å². The molecule has 0 fully saturated rings. The topological polar surface area (TPSA) is 42.7 Å². The largest absolute Gasteiger partial charge is 0.304 e. The van der Waals surface area contributed by atoms with Gasteiger partial charge < -0.3 is 5.32 Å². The number of nitrogens with zero attached hydrogens (tertiary/aromatic N) is 3. The van der Waals surface area contributed by atoms with Gasteiger partial charge in [-0.25, -0.2) is 4.98 Å². The molecule has 0 amide bonds. The molecule has 5 heteroatoms. The van der Waals surface area contributed by atoms with Crippen molar-refractivity contribution in [3.8, 4) is 0 Å². The zero-order chi connectivity index (χ0) is 13.0. The zero-order valence-corrected chi connectivity index (χ0v) is 12.0. The molecule has 1 atom stereocenters. The Morgan fingerprint density at radius 3 is 2.83 bits per heavy atom. The molecule has 2 heterocycles. The lowest BCUT2D eigenvalue weighted by Crippen LogP contribution is -2.22. The second kappa shape index (κ2) is 6.11. The highest BCUT2D eigenvalue weighted by molar-refractivity contribution is 7.09. The minimum absolute atomic E-state index is 0.170. The molecule has 18 heavy (non-hydrogen) atoms. The number of thiazole rings is 1. The first-order chi connectivity index (χ1) is 8.74.